The molecule has 25 heteroatoms. The SMILES string of the molecule is CCCCCCCCCCCCCCCCCC(=O)OCC1OC(OC2C(O)C(O)C(O)C(OC3OC(CO)C(O)C(O)C3O)C2OP(=O)(O)OCC(COC(=O)CCCCCCCCCCCCCCC)OC(=O)CCCCCCCCCCCCCCCC)C(O)C(O)C1O. The third kappa shape index (κ3) is 37.8. The Balaban J connectivity index is 1.72. The van der Waals surface area contributed by atoms with E-state index in [9.17, 15) is 74.9 Å². The first kappa shape index (κ1) is 89.2. The minimum absolute atomic E-state index is 0.0332. The van der Waals surface area contributed by atoms with E-state index >= 15 is 0 Å². The number of unbranched alkanes of at least 4 members (excludes halogenated alkanes) is 39. The van der Waals surface area contributed by atoms with E-state index in [1.54, 1.807) is 0 Å². The van der Waals surface area contributed by atoms with Gasteiger partial charge < -0.3 is 89.1 Å². The van der Waals surface area contributed by atoms with Crippen LogP contribution in [0.3, 0.4) is 0 Å². The highest BCUT2D eigenvalue weighted by Crippen LogP contribution is 2.49. The van der Waals surface area contributed by atoms with Crippen LogP contribution in [0.25, 0.3) is 0 Å². The van der Waals surface area contributed by atoms with Crippen LogP contribution < -0.4 is 0 Å². The second-order valence-electron chi connectivity index (χ2n) is 27.7. The maximum absolute atomic E-state index is 14.3. The molecule has 572 valence electrons. The van der Waals surface area contributed by atoms with E-state index in [4.69, 9.17) is 42.2 Å². The lowest BCUT2D eigenvalue weighted by atomic mass is 9.84. The number of hydrogen-bond acceptors (Lipinski definition) is 23. The van der Waals surface area contributed by atoms with Crippen LogP contribution in [0.2, 0.25) is 0 Å². The number of esters is 3. The molecule has 24 nitrogen and oxygen atoms in total. The van der Waals surface area contributed by atoms with E-state index in [-0.39, 0.29) is 19.3 Å². The average molecular weight is 1420 g/mol. The molecule has 0 radical (unpaired) electrons. The first-order chi connectivity index (χ1) is 46.8. The Kier molecular flexibility index (Phi) is 50.2. The molecule has 18 unspecified atom stereocenters. The fourth-order valence-corrected chi connectivity index (χ4v) is 13.8. The molecule has 2 saturated heterocycles. The van der Waals surface area contributed by atoms with Gasteiger partial charge in [-0.15, -0.1) is 0 Å². The monoisotopic (exact) mass is 1410 g/mol. The summed E-state index contributed by atoms with van der Waals surface area (Å²) in [5.74, 6) is -1.97. The Hall–Kier alpha value is -2.04. The summed E-state index contributed by atoms with van der Waals surface area (Å²) < 4.78 is 65.0. The molecule has 0 spiro atoms. The number of ether oxygens (including phenoxy) is 7. The van der Waals surface area contributed by atoms with E-state index in [2.05, 4.69) is 20.8 Å². The summed E-state index contributed by atoms with van der Waals surface area (Å²) in [5.41, 5.74) is 0. The van der Waals surface area contributed by atoms with Crippen LogP contribution in [0.4, 0.5) is 0 Å². The second kappa shape index (κ2) is 54.6. The number of aliphatic hydroxyl groups excluding tert-OH is 10. The van der Waals surface area contributed by atoms with Gasteiger partial charge in [0.1, 0.15) is 98.7 Å². The van der Waals surface area contributed by atoms with Gasteiger partial charge in [-0.2, -0.15) is 0 Å². The number of phosphoric acid groups is 1. The molecule has 3 rings (SSSR count). The van der Waals surface area contributed by atoms with Gasteiger partial charge in [0, 0.05) is 19.3 Å². The lowest BCUT2D eigenvalue weighted by molar-refractivity contribution is -0.360. The average Bonchev–Trinajstić information content (AvgIpc) is 0.772. The molecule has 3 fully saturated rings. The molecule has 1 aliphatic carbocycles. The van der Waals surface area contributed by atoms with Gasteiger partial charge in [0.05, 0.1) is 13.2 Å². The number of carbonyl (C=O) groups excluding carboxylic acids is 3. The Morgan fingerprint density at radius 1 is 0.361 bits per heavy atom. The van der Waals surface area contributed by atoms with Gasteiger partial charge in [-0.25, -0.2) is 4.57 Å². The van der Waals surface area contributed by atoms with Crippen molar-refractivity contribution in [2.75, 3.05) is 26.4 Å². The molecule has 0 aromatic rings. The Morgan fingerprint density at radius 2 is 0.660 bits per heavy atom. The third-order valence-corrected chi connectivity index (χ3v) is 20.1. The van der Waals surface area contributed by atoms with Gasteiger partial charge in [0.25, 0.3) is 0 Å². The van der Waals surface area contributed by atoms with Crippen molar-refractivity contribution in [1.82, 2.24) is 0 Å². The second-order valence-corrected chi connectivity index (χ2v) is 29.1. The normalized spacial score (nSPS) is 27.7. The summed E-state index contributed by atoms with van der Waals surface area (Å²) in [6, 6.07) is 0. The minimum Gasteiger partial charge on any atom is -0.463 e. The summed E-state index contributed by atoms with van der Waals surface area (Å²) in [4.78, 5) is 51.0. The summed E-state index contributed by atoms with van der Waals surface area (Å²) in [6.07, 6.45) is 11.6. The lowest BCUT2D eigenvalue weighted by Crippen LogP contribution is -2.69. The molecule has 0 aromatic heterocycles. The van der Waals surface area contributed by atoms with Gasteiger partial charge in [-0.1, -0.05) is 271 Å². The zero-order valence-electron chi connectivity index (χ0n) is 59.6. The number of hydrogen-bond donors (Lipinski definition) is 11. The van der Waals surface area contributed by atoms with Crippen LogP contribution in [0.15, 0.2) is 0 Å². The van der Waals surface area contributed by atoms with Crippen LogP contribution >= 0.6 is 7.82 Å². The molecule has 2 heterocycles. The van der Waals surface area contributed by atoms with Crippen molar-refractivity contribution in [3.8, 4) is 0 Å². The molecule has 2 aliphatic heterocycles. The van der Waals surface area contributed by atoms with Crippen molar-refractivity contribution >= 4 is 25.7 Å². The fraction of sp³-hybridized carbons (Fsp3) is 0.958. The summed E-state index contributed by atoms with van der Waals surface area (Å²) >= 11 is 0. The summed E-state index contributed by atoms with van der Waals surface area (Å²) in [7, 11) is -5.69. The van der Waals surface area contributed by atoms with E-state index in [0.29, 0.717) is 19.3 Å². The molecule has 3 aliphatic rings. The van der Waals surface area contributed by atoms with Crippen molar-refractivity contribution in [2.45, 2.75) is 414 Å². The van der Waals surface area contributed by atoms with Gasteiger partial charge in [-0.05, 0) is 19.3 Å². The highest BCUT2D eigenvalue weighted by Gasteiger charge is 2.58. The number of carbonyl (C=O) groups is 3. The van der Waals surface area contributed by atoms with Gasteiger partial charge >= 0.3 is 25.7 Å². The predicted octanol–water partition coefficient (Wildman–Crippen LogP) is 10.6. The molecule has 11 N–H and O–H groups in total. The molecule has 1 saturated carbocycles. The van der Waals surface area contributed by atoms with Crippen molar-refractivity contribution in [1.29, 1.82) is 0 Å². The summed E-state index contributed by atoms with van der Waals surface area (Å²) in [5, 5.41) is 110. The topological polar surface area (TPSA) is 374 Å². The number of rotatable bonds is 60. The molecule has 97 heavy (non-hydrogen) atoms. The molecule has 0 aromatic carbocycles. The van der Waals surface area contributed by atoms with Crippen molar-refractivity contribution in [3.63, 3.8) is 0 Å². The number of aliphatic hydroxyl groups is 10. The van der Waals surface area contributed by atoms with Crippen LogP contribution in [0.1, 0.15) is 310 Å². The van der Waals surface area contributed by atoms with E-state index in [0.717, 1.165) is 89.9 Å². The standard InChI is InChI=1S/C72H135O24P/c1-4-7-10-13-16-19-22-25-27-30-32-35-38-41-44-47-57(75)89-52-55-60(78)62(80)67(85)72(93-55)95-69-65(83)63(81)64(82)68(94-71-66(84)61(79)59(77)54(49-73)92-71)70(69)96-97(86,87)90-51-53(50-88-56(74)46-43-40-37-34-31-28-24-21-18-15-12-9-6-3)91-58(76)48-45-42-39-36-33-29-26-23-20-17-14-11-8-5-2/h53-55,59-73,77-85H,4-52H2,1-3H3,(H,86,87). The zero-order chi connectivity index (χ0) is 71.1. The van der Waals surface area contributed by atoms with Crippen LogP contribution in [0.5, 0.6) is 0 Å². The minimum atomic E-state index is -5.69. The Labute approximate surface area is 580 Å². The molecule has 18 atom stereocenters. The van der Waals surface area contributed by atoms with E-state index in [1.165, 1.54) is 161 Å². The smallest absolute Gasteiger partial charge is 0.463 e. The Bertz CT molecular complexity index is 2010. The van der Waals surface area contributed by atoms with Gasteiger partial charge in [0.2, 0.25) is 0 Å². The lowest BCUT2D eigenvalue weighted by Gasteiger charge is -2.49. The number of phosphoric ester groups is 1. The molecular formula is C72H135O24P. The van der Waals surface area contributed by atoms with Crippen LogP contribution in [-0.2, 0) is 61.2 Å². The van der Waals surface area contributed by atoms with E-state index in [1.807, 2.05) is 0 Å². The Morgan fingerprint density at radius 3 is 1.01 bits per heavy atom. The quantitative estimate of drug-likeness (QED) is 0.0117. The predicted molar refractivity (Wildman–Crippen MR) is 365 cm³/mol. The maximum atomic E-state index is 14.3. The van der Waals surface area contributed by atoms with Crippen molar-refractivity contribution < 1.29 is 117 Å². The summed E-state index contributed by atoms with van der Waals surface area (Å²) in [6.45, 7) is 3.47. The van der Waals surface area contributed by atoms with Crippen molar-refractivity contribution in [3.05, 3.63) is 0 Å². The highest BCUT2D eigenvalue weighted by molar-refractivity contribution is 7.47. The zero-order valence-corrected chi connectivity index (χ0v) is 60.5. The molecule has 0 amide bonds. The van der Waals surface area contributed by atoms with E-state index < -0.39 is 156 Å². The third-order valence-electron chi connectivity index (χ3n) is 19.1. The molecule has 0 bridgehead atoms. The fourth-order valence-electron chi connectivity index (χ4n) is 12.9. The van der Waals surface area contributed by atoms with Gasteiger partial charge in [0.15, 0.2) is 18.7 Å². The first-order valence-electron chi connectivity index (χ1n) is 38.3. The van der Waals surface area contributed by atoms with Crippen molar-refractivity contribution in [2.24, 2.45) is 0 Å². The maximum Gasteiger partial charge on any atom is 0.472 e. The largest absolute Gasteiger partial charge is 0.472 e. The van der Waals surface area contributed by atoms with Gasteiger partial charge in [-0.3, -0.25) is 23.4 Å². The van der Waals surface area contributed by atoms with Crippen LogP contribution in [0, 0.1) is 0 Å². The van der Waals surface area contributed by atoms with Crippen LogP contribution in [-0.4, -0.2) is 204 Å². The first-order valence-corrected chi connectivity index (χ1v) is 39.8. The molecular weight excluding hydrogens is 1280 g/mol. The highest BCUT2D eigenvalue weighted by atomic mass is 31.2.